The molecule has 4 rings (SSSR count). The second-order valence-electron chi connectivity index (χ2n) is 6.63. The van der Waals surface area contributed by atoms with Gasteiger partial charge in [-0.05, 0) is 36.4 Å². The van der Waals surface area contributed by atoms with Crippen LogP contribution in [0.25, 0.3) is 28.2 Å². The summed E-state index contributed by atoms with van der Waals surface area (Å²) in [6, 6.07) is 10.4. The summed E-state index contributed by atoms with van der Waals surface area (Å²) in [6.45, 7) is 0. The molecule has 0 bridgehead atoms. The monoisotopic (exact) mass is 423 g/mol. The van der Waals surface area contributed by atoms with E-state index in [0.717, 1.165) is 0 Å². The molecule has 4 aromatic rings. The van der Waals surface area contributed by atoms with Crippen molar-refractivity contribution in [2.75, 3.05) is 14.2 Å². The topological polar surface area (TPSA) is 114 Å². The van der Waals surface area contributed by atoms with Crippen LogP contribution in [0.1, 0.15) is 10.5 Å². The Morgan fingerprint density at radius 2 is 1.77 bits per heavy atom. The third kappa shape index (κ3) is 3.18. The van der Waals surface area contributed by atoms with Crippen molar-refractivity contribution < 1.29 is 18.7 Å². The van der Waals surface area contributed by atoms with Gasteiger partial charge in [-0.25, -0.2) is 23.7 Å². The number of benzene rings is 2. The summed E-state index contributed by atoms with van der Waals surface area (Å²) in [5.74, 6) is -0.383. The van der Waals surface area contributed by atoms with Crippen molar-refractivity contribution >= 4 is 17.1 Å². The van der Waals surface area contributed by atoms with Crippen LogP contribution in [0.3, 0.4) is 0 Å². The lowest BCUT2D eigenvalue weighted by Gasteiger charge is -2.12. The van der Waals surface area contributed by atoms with Gasteiger partial charge in [0.2, 0.25) is 0 Å². The van der Waals surface area contributed by atoms with Gasteiger partial charge in [0.25, 0.3) is 5.91 Å². The second-order valence-corrected chi connectivity index (χ2v) is 6.63. The van der Waals surface area contributed by atoms with E-state index in [-0.39, 0.29) is 22.7 Å². The van der Waals surface area contributed by atoms with Gasteiger partial charge in [-0.15, -0.1) is 0 Å². The van der Waals surface area contributed by atoms with E-state index in [2.05, 4.69) is 9.97 Å². The summed E-state index contributed by atoms with van der Waals surface area (Å²) >= 11 is 0. The molecule has 0 unspecified atom stereocenters. The molecule has 0 aliphatic rings. The number of hydrogen-bond donors (Lipinski definition) is 1. The van der Waals surface area contributed by atoms with E-state index in [1.165, 1.54) is 54.7 Å². The quantitative estimate of drug-likeness (QED) is 0.525. The predicted molar refractivity (Wildman–Crippen MR) is 111 cm³/mol. The van der Waals surface area contributed by atoms with Gasteiger partial charge < -0.3 is 15.2 Å². The maximum absolute atomic E-state index is 13.4. The Kier molecular flexibility index (Phi) is 4.90. The van der Waals surface area contributed by atoms with Gasteiger partial charge in [-0.1, -0.05) is 6.07 Å². The number of nitrogens with two attached hydrogens (primary N) is 1. The van der Waals surface area contributed by atoms with E-state index in [1.54, 1.807) is 18.2 Å². The molecule has 2 aromatic heterocycles. The number of primary amides is 1. The number of halogens is 1. The highest BCUT2D eigenvalue weighted by Crippen LogP contribution is 2.37. The molecule has 2 heterocycles. The fourth-order valence-corrected chi connectivity index (χ4v) is 3.42. The van der Waals surface area contributed by atoms with E-state index in [1.807, 2.05) is 0 Å². The first-order chi connectivity index (χ1) is 14.9. The van der Waals surface area contributed by atoms with Crippen LogP contribution in [0.2, 0.25) is 0 Å². The van der Waals surface area contributed by atoms with E-state index < -0.39 is 17.4 Å². The fraction of sp³-hybridized carbons (Fsp3) is 0.143. The Morgan fingerprint density at radius 1 is 1.06 bits per heavy atom. The van der Waals surface area contributed by atoms with Gasteiger partial charge in [0.1, 0.15) is 11.3 Å². The normalized spacial score (nSPS) is 11.0. The maximum Gasteiger partial charge on any atom is 0.334 e. The minimum absolute atomic E-state index is 0.110. The number of fused-ring (bicyclic) bond motifs is 1. The first kappa shape index (κ1) is 20.1. The molecule has 0 saturated heterocycles. The number of methoxy groups -OCH3 is 2. The minimum atomic E-state index is -0.831. The Hall–Kier alpha value is -4.21. The summed E-state index contributed by atoms with van der Waals surface area (Å²) in [7, 11) is 4.43. The summed E-state index contributed by atoms with van der Waals surface area (Å²) in [5, 5.41) is 0. The summed E-state index contributed by atoms with van der Waals surface area (Å²) in [6.07, 6.45) is 0. The largest absolute Gasteiger partial charge is 0.493 e. The molecular formula is C21H18FN5O4. The van der Waals surface area contributed by atoms with Crippen LogP contribution >= 0.6 is 0 Å². The number of imidazole rings is 1. The van der Waals surface area contributed by atoms with Crippen LogP contribution in [0.15, 0.2) is 47.3 Å². The van der Waals surface area contributed by atoms with Crippen molar-refractivity contribution in [3.8, 4) is 28.6 Å². The molecular weight excluding hydrogens is 405 g/mol. The van der Waals surface area contributed by atoms with Gasteiger partial charge >= 0.3 is 5.69 Å². The van der Waals surface area contributed by atoms with E-state index in [4.69, 9.17) is 15.2 Å². The first-order valence-electron chi connectivity index (χ1n) is 9.14. The summed E-state index contributed by atoms with van der Waals surface area (Å²) in [5.41, 5.74) is 6.06. The van der Waals surface area contributed by atoms with Crippen LogP contribution in [0.4, 0.5) is 4.39 Å². The summed E-state index contributed by atoms with van der Waals surface area (Å²) in [4.78, 5) is 34.1. The molecule has 0 radical (unpaired) electrons. The minimum Gasteiger partial charge on any atom is -0.493 e. The molecule has 10 heteroatoms. The van der Waals surface area contributed by atoms with Crippen LogP contribution in [0.5, 0.6) is 11.5 Å². The number of para-hydroxylation sites is 1. The molecule has 0 aliphatic carbocycles. The molecule has 158 valence electrons. The lowest BCUT2D eigenvalue weighted by atomic mass is 10.1. The highest BCUT2D eigenvalue weighted by Gasteiger charge is 2.24. The number of aryl methyl sites for hydroxylation is 1. The first-order valence-corrected chi connectivity index (χ1v) is 9.14. The van der Waals surface area contributed by atoms with Crippen molar-refractivity contribution in [1.29, 1.82) is 0 Å². The molecule has 2 aromatic carbocycles. The third-order valence-corrected chi connectivity index (χ3v) is 4.85. The molecule has 0 atom stereocenters. The zero-order valence-electron chi connectivity index (χ0n) is 16.9. The van der Waals surface area contributed by atoms with Gasteiger partial charge in [-0.2, -0.15) is 0 Å². The van der Waals surface area contributed by atoms with Gasteiger partial charge in [0, 0.05) is 7.05 Å². The zero-order valence-corrected chi connectivity index (χ0v) is 16.9. The Morgan fingerprint density at radius 3 is 2.39 bits per heavy atom. The van der Waals surface area contributed by atoms with E-state index in [9.17, 15) is 14.0 Å². The van der Waals surface area contributed by atoms with Crippen LogP contribution in [0, 0.1) is 5.82 Å². The predicted octanol–water partition coefficient (Wildman–Crippen LogP) is 2.04. The number of carbonyl (C=O) groups is 1. The van der Waals surface area contributed by atoms with Gasteiger partial charge in [0.15, 0.2) is 28.7 Å². The average Bonchev–Trinajstić information content (AvgIpc) is 3.03. The zero-order chi connectivity index (χ0) is 22.3. The maximum atomic E-state index is 13.4. The number of ether oxygens (including phenoxy) is 2. The number of amides is 1. The second kappa shape index (κ2) is 7.56. The van der Waals surface area contributed by atoms with E-state index in [0.29, 0.717) is 22.7 Å². The molecule has 0 fully saturated rings. The Bertz CT molecular complexity index is 1380. The lowest BCUT2D eigenvalue weighted by Crippen LogP contribution is -2.21. The molecule has 0 aliphatic heterocycles. The number of aromatic nitrogens is 4. The Labute approximate surface area is 175 Å². The molecule has 0 saturated carbocycles. The van der Waals surface area contributed by atoms with Crippen LogP contribution in [-0.2, 0) is 7.05 Å². The smallest absolute Gasteiger partial charge is 0.334 e. The molecule has 1 amide bonds. The highest BCUT2D eigenvalue weighted by atomic mass is 19.1. The highest BCUT2D eigenvalue weighted by molar-refractivity contribution is 6.02. The van der Waals surface area contributed by atoms with E-state index >= 15 is 0 Å². The molecule has 0 spiro atoms. The molecule has 31 heavy (non-hydrogen) atoms. The number of nitrogens with zero attached hydrogens (tertiary/aromatic N) is 4. The average molecular weight is 423 g/mol. The molecule has 9 nitrogen and oxygen atoms in total. The number of rotatable bonds is 5. The van der Waals surface area contributed by atoms with Crippen molar-refractivity contribution in [3.63, 3.8) is 0 Å². The fourth-order valence-electron chi connectivity index (χ4n) is 3.42. The van der Waals surface area contributed by atoms with Crippen LogP contribution < -0.4 is 20.9 Å². The van der Waals surface area contributed by atoms with Crippen LogP contribution in [-0.4, -0.2) is 39.2 Å². The van der Waals surface area contributed by atoms with Crippen molar-refractivity contribution in [2.45, 2.75) is 0 Å². The van der Waals surface area contributed by atoms with Crippen molar-refractivity contribution in [2.24, 2.45) is 12.8 Å². The lowest BCUT2D eigenvalue weighted by molar-refractivity contribution is 0.0997. The number of hydrogen-bond acceptors (Lipinski definition) is 6. The molecule has 2 N–H and O–H groups in total. The van der Waals surface area contributed by atoms with Gasteiger partial charge in [0.05, 0.1) is 25.5 Å². The standard InChI is InChI=1S/C21H18FN5O4/c1-26-16-15(18(23)28)24-19(13-5-4-6-14(30-2)17(13)31-3)25-20(16)27(21(26)29)12-9-7-11(22)8-10-12/h4-10H,1-3H3,(H2,23,28). The van der Waals surface area contributed by atoms with Crippen molar-refractivity contribution in [1.82, 2.24) is 19.1 Å². The number of carbonyl (C=O) groups excluding carboxylic acids is 1. The summed E-state index contributed by atoms with van der Waals surface area (Å²) < 4.78 is 26.7. The van der Waals surface area contributed by atoms with Crippen molar-refractivity contribution in [3.05, 3.63) is 64.5 Å². The third-order valence-electron chi connectivity index (χ3n) is 4.85. The van der Waals surface area contributed by atoms with Gasteiger partial charge in [-0.3, -0.25) is 9.36 Å². The Balaban J connectivity index is 2.12. The SMILES string of the molecule is COc1cccc(-c2nc(C(N)=O)c3c(n2)n(-c2ccc(F)cc2)c(=O)n3C)c1OC.